The number of carbonyl (C=O) groups excluding carboxylic acids is 1. The molecule has 1 heterocycles. The van der Waals surface area contributed by atoms with Crippen LogP contribution >= 0.6 is 0 Å². The van der Waals surface area contributed by atoms with Crippen LogP contribution in [0.3, 0.4) is 0 Å². The second kappa shape index (κ2) is 4.97. The van der Waals surface area contributed by atoms with Crippen molar-refractivity contribution in [3.8, 4) is 0 Å². The number of amides is 1. The molecule has 1 aromatic carbocycles. The van der Waals surface area contributed by atoms with Crippen LogP contribution in [0, 0.1) is 17.5 Å². The van der Waals surface area contributed by atoms with E-state index in [1.807, 2.05) is 0 Å². The first-order valence-corrected chi connectivity index (χ1v) is 5.69. The molecule has 98 valence electrons. The zero-order valence-electron chi connectivity index (χ0n) is 9.63. The van der Waals surface area contributed by atoms with Crippen molar-refractivity contribution in [2.75, 3.05) is 13.1 Å². The molecule has 1 aromatic rings. The van der Waals surface area contributed by atoms with Gasteiger partial charge in [0.05, 0.1) is 5.56 Å². The van der Waals surface area contributed by atoms with E-state index in [1.165, 1.54) is 4.90 Å². The standard InChI is InChI=1S/C12H13F3N2O/c13-9-4-3-8(10(14)11(9)15)12(18)17-5-1-2-7(16)6-17/h3-4,7H,1-2,5-6,16H2/t7-/m1/s1. The van der Waals surface area contributed by atoms with Crippen LogP contribution in [0.2, 0.25) is 0 Å². The molecule has 0 unspecified atom stereocenters. The highest BCUT2D eigenvalue weighted by Gasteiger charge is 2.26. The largest absolute Gasteiger partial charge is 0.337 e. The van der Waals surface area contributed by atoms with E-state index < -0.39 is 28.9 Å². The predicted octanol–water partition coefficient (Wildman–Crippen LogP) is 1.67. The van der Waals surface area contributed by atoms with Gasteiger partial charge in [-0.2, -0.15) is 0 Å². The van der Waals surface area contributed by atoms with Crippen LogP contribution in [0.1, 0.15) is 23.2 Å². The predicted molar refractivity (Wildman–Crippen MR) is 59.4 cm³/mol. The summed E-state index contributed by atoms with van der Waals surface area (Å²) < 4.78 is 39.3. The van der Waals surface area contributed by atoms with Gasteiger partial charge in [0.25, 0.3) is 5.91 Å². The van der Waals surface area contributed by atoms with E-state index in [4.69, 9.17) is 5.73 Å². The molecule has 18 heavy (non-hydrogen) atoms. The average molecular weight is 258 g/mol. The first-order valence-electron chi connectivity index (χ1n) is 5.69. The van der Waals surface area contributed by atoms with Gasteiger partial charge in [-0.15, -0.1) is 0 Å². The summed E-state index contributed by atoms with van der Waals surface area (Å²) in [5.74, 6) is -5.03. The van der Waals surface area contributed by atoms with Crippen LogP contribution in [-0.4, -0.2) is 29.9 Å². The highest BCUT2D eigenvalue weighted by Crippen LogP contribution is 2.19. The van der Waals surface area contributed by atoms with Crippen molar-refractivity contribution in [1.82, 2.24) is 4.90 Å². The highest BCUT2D eigenvalue weighted by molar-refractivity contribution is 5.94. The Kier molecular flexibility index (Phi) is 3.56. The van der Waals surface area contributed by atoms with E-state index >= 15 is 0 Å². The lowest BCUT2D eigenvalue weighted by Gasteiger charge is -2.30. The lowest BCUT2D eigenvalue weighted by atomic mass is 10.0. The minimum absolute atomic E-state index is 0.156. The van der Waals surface area contributed by atoms with E-state index in [1.54, 1.807) is 0 Å². The van der Waals surface area contributed by atoms with Crippen molar-refractivity contribution in [3.63, 3.8) is 0 Å². The Morgan fingerprint density at radius 3 is 2.67 bits per heavy atom. The number of halogens is 3. The van der Waals surface area contributed by atoms with Crippen LogP contribution < -0.4 is 5.73 Å². The molecule has 0 saturated carbocycles. The smallest absolute Gasteiger partial charge is 0.256 e. The van der Waals surface area contributed by atoms with Gasteiger partial charge in [0, 0.05) is 19.1 Å². The van der Waals surface area contributed by atoms with E-state index in [2.05, 4.69) is 0 Å². The molecule has 1 aliphatic heterocycles. The Balaban J connectivity index is 2.26. The Hall–Kier alpha value is -1.56. The van der Waals surface area contributed by atoms with E-state index in [9.17, 15) is 18.0 Å². The summed E-state index contributed by atoms with van der Waals surface area (Å²) in [5.41, 5.74) is 5.26. The fourth-order valence-corrected chi connectivity index (χ4v) is 2.06. The molecule has 0 radical (unpaired) electrons. The van der Waals surface area contributed by atoms with E-state index in [-0.39, 0.29) is 6.04 Å². The molecule has 6 heteroatoms. The summed E-state index contributed by atoms with van der Waals surface area (Å²) in [6.45, 7) is 0.752. The van der Waals surface area contributed by atoms with Crippen molar-refractivity contribution < 1.29 is 18.0 Å². The van der Waals surface area contributed by atoms with Crippen molar-refractivity contribution in [2.45, 2.75) is 18.9 Å². The SMILES string of the molecule is N[C@@H]1CCCN(C(=O)c2ccc(F)c(F)c2F)C1. The molecule has 0 spiro atoms. The van der Waals surface area contributed by atoms with Gasteiger partial charge in [0.15, 0.2) is 17.5 Å². The molecule has 1 aliphatic rings. The van der Waals surface area contributed by atoms with Gasteiger partial charge in [-0.3, -0.25) is 4.79 Å². The van der Waals surface area contributed by atoms with Gasteiger partial charge in [0.1, 0.15) is 0 Å². The topological polar surface area (TPSA) is 46.3 Å². The summed E-state index contributed by atoms with van der Waals surface area (Å²) in [6, 6.07) is 1.54. The van der Waals surface area contributed by atoms with Gasteiger partial charge in [-0.25, -0.2) is 13.2 Å². The van der Waals surface area contributed by atoms with Crippen LogP contribution in [0.5, 0.6) is 0 Å². The number of nitrogens with two attached hydrogens (primary N) is 1. The molecular weight excluding hydrogens is 245 g/mol. The van der Waals surface area contributed by atoms with Crippen LogP contribution in [0.25, 0.3) is 0 Å². The molecular formula is C12H13F3N2O. The quantitative estimate of drug-likeness (QED) is 0.779. The van der Waals surface area contributed by atoms with Crippen molar-refractivity contribution >= 4 is 5.91 Å². The van der Waals surface area contributed by atoms with E-state index in [0.717, 1.165) is 25.0 Å². The lowest BCUT2D eigenvalue weighted by Crippen LogP contribution is -2.46. The summed E-state index contributed by atoms with van der Waals surface area (Å²) in [7, 11) is 0. The number of likely N-dealkylation sites (tertiary alicyclic amines) is 1. The second-order valence-electron chi connectivity index (χ2n) is 4.38. The monoisotopic (exact) mass is 258 g/mol. The third-order valence-corrected chi connectivity index (χ3v) is 3.01. The lowest BCUT2D eigenvalue weighted by molar-refractivity contribution is 0.0702. The van der Waals surface area contributed by atoms with E-state index in [0.29, 0.717) is 13.1 Å². The number of piperidine rings is 1. The number of hydrogen-bond acceptors (Lipinski definition) is 2. The Bertz CT molecular complexity index is 479. The van der Waals surface area contributed by atoms with Gasteiger partial charge >= 0.3 is 0 Å². The Morgan fingerprint density at radius 2 is 2.00 bits per heavy atom. The Labute approximate surface area is 102 Å². The number of rotatable bonds is 1. The normalized spacial score (nSPS) is 20.0. The Morgan fingerprint density at radius 1 is 1.28 bits per heavy atom. The minimum Gasteiger partial charge on any atom is -0.337 e. The molecule has 0 aliphatic carbocycles. The van der Waals surface area contributed by atoms with Gasteiger partial charge in [0.2, 0.25) is 0 Å². The molecule has 2 rings (SSSR count). The maximum absolute atomic E-state index is 13.5. The fraction of sp³-hybridized carbons (Fsp3) is 0.417. The third kappa shape index (κ3) is 2.33. The molecule has 0 bridgehead atoms. The number of benzene rings is 1. The maximum Gasteiger partial charge on any atom is 0.256 e. The molecule has 1 saturated heterocycles. The zero-order chi connectivity index (χ0) is 13.3. The van der Waals surface area contributed by atoms with Crippen molar-refractivity contribution in [1.29, 1.82) is 0 Å². The third-order valence-electron chi connectivity index (χ3n) is 3.01. The number of carbonyl (C=O) groups is 1. The summed E-state index contributed by atoms with van der Waals surface area (Å²) in [5, 5.41) is 0. The molecule has 1 fully saturated rings. The summed E-state index contributed by atoms with van der Waals surface area (Å²) in [6.07, 6.45) is 1.52. The zero-order valence-corrected chi connectivity index (χ0v) is 9.63. The fourth-order valence-electron chi connectivity index (χ4n) is 2.06. The second-order valence-corrected chi connectivity index (χ2v) is 4.38. The summed E-state index contributed by atoms with van der Waals surface area (Å²) in [4.78, 5) is 13.3. The first kappa shape index (κ1) is 12.9. The van der Waals surface area contributed by atoms with Gasteiger partial charge in [-0.1, -0.05) is 0 Å². The first-order chi connectivity index (χ1) is 8.50. The highest BCUT2D eigenvalue weighted by atomic mass is 19.2. The number of nitrogens with zero attached hydrogens (tertiary/aromatic N) is 1. The van der Waals surface area contributed by atoms with Crippen LogP contribution in [0.4, 0.5) is 13.2 Å². The van der Waals surface area contributed by atoms with Crippen LogP contribution in [0.15, 0.2) is 12.1 Å². The van der Waals surface area contributed by atoms with Crippen LogP contribution in [-0.2, 0) is 0 Å². The molecule has 2 N–H and O–H groups in total. The van der Waals surface area contributed by atoms with Crippen molar-refractivity contribution in [2.24, 2.45) is 5.73 Å². The molecule has 1 atom stereocenters. The number of hydrogen-bond donors (Lipinski definition) is 1. The minimum atomic E-state index is -1.62. The molecule has 0 aromatic heterocycles. The maximum atomic E-state index is 13.5. The van der Waals surface area contributed by atoms with Crippen molar-refractivity contribution in [3.05, 3.63) is 35.1 Å². The summed E-state index contributed by atoms with van der Waals surface area (Å²) >= 11 is 0. The molecule has 3 nitrogen and oxygen atoms in total. The molecule has 1 amide bonds. The van der Waals surface area contributed by atoms with Gasteiger partial charge in [-0.05, 0) is 25.0 Å². The van der Waals surface area contributed by atoms with Gasteiger partial charge < -0.3 is 10.6 Å². The average Bonchev–Trinajstić information content (AvgIpc) is 2.35.